The van der Waals surface area contributed by atoms with Crippen molar-refractivity contribution in [2.75, 3.05) is 0 Å². The van der Waals surface area contributed by atoms with Crippen molar-refractivity contribution in [1.82, 2.24) is 0 Å². The summed E-state index contributed by atoms with van der Waals surface area (Å²) in [5.41, 5.74) is 3.08. The fourth-order valence-corrected chi connectivity index (χ4v) is 4.78. The molecule has 0 heterocycles. The van der Waals surface area contributed by atoms with Crippen LogP contribution in [0, 0.1) is 16.7 Å². The van der Waals surface area contributed by atoms with Gasteiger partial charge in [-0.2, -0.15) is 0 Å². The molecule has 2 nitrogen and oxygen atoms in total. The minimum atomic E-state index is -0.442. The van der Waals surface area contributed by atoms with E-state index in [0.29, 0.717) is 23.5 Å². The summed E-state index contributed by atoms with van der Waals surface area (Å²) in [7, 11) is 0. The van der Waals surface area contributed by atoms with Gasteiger partial charge >= 0.3 is 0 Å². The number of hydrogen-bond acceptors (Lipinski definition) is 2. The lowest BCUT2D eigenvalue weighted by Gasteiger charge is -2.50. The van der Waals surface area contributed by atoms with E-state index in [1.54, 1.807) is 0 Å². The number of allylic oxidation sites excluding steroid dienone is 7. The summed E-state index contributed by atoms with van der Waals surface area (Å²) in [5.74, 6) is -0.412. The van der Waals surface area contributed by atoms with Crippen molar-refractivity contribution in [1.29, 1.82) is 0 Å². The average molecular weight is 341 g/mol. The van der Waals surface area contributed by atoms with E-state index in [-0.39, 0.29) is 16.6 Å². The third-order valence-corrected chi connectivity index (χ3v) is 6.33. The molecule has 0 saturated heterocycles. The summed E-state index contributed by atoms with van der Waals surface area (Å²) < 4.78 is 0. The fourth-order valence-electron chi connectivity index (χ4n) is 4.78. The molecule has 2 aliphatic rings. The molecule has 1 saturated carbocycles. The van der Waals surface area contributed by atoms with Gasteiger partial charge in [0.25, 0.3) is 0 Å². The molecule has 136 valence electrons. The molecular weight excluding hydrogens is 308 g/mol. The zero-order valence-corrected chi connectivity index (χ0v) is 16.7. The Labute approximate surface area is 152 Å². The van der Waals surface area contributed by atoms with E-state index < -0.39 is 5.78 Å². The molecular formula is C23H32O2. The number of rotatable bonds is 3. The molecule has 0 bridgehead atoms. The van der Waals surface area contributed by atoms with Gasteiger partial charge in [-0.1, -0.05) is 58.9 Å². The van der Waals surface area contributed by atoms with Crippen molar-refractivity contribution in [3.8, 4) is 0 Å². The first-order valence-electron chi connectivity index (χ1n) is 9.34. The first kappa shape index (κ1) is 19.6. The van der Waals surface area contributed by atoms with E-state index in [9.17, 15) is 9.59 Å². The summed E-state index contributed by atoms with van der Waals surface area (Å²) >= 11 is 0. The minimum Gasteiger partial charge on any atom is -0.285 e. The molecule has 0 radical (unpaired) electrons. The van der Waals surface area contributed by atoms with Gasteiger partial charge in [0.05, 0.1) is 0 Å². The second-order valence-corrected chi connectivity index (χ2v) is 8.93. The number of carbonyl (C=O) groups is 2. The van der Waals surface area contributed by atoms with Crippen molar-refractivity contribution in [2.24, 2.45) is 16.7 Å². The van der Waals surface area contributed by atoms with Gasteiger partial charge in [0.2, 0.25) is 11.6 Å². The summed E-state index contributed by atoms with van der Waals surface area (Å²) in [6.45, 7) is 17.0. The Morgan fingerprint density at radius 3 is 2.16 bits per heavy atom. The molecule has 1 fully saturated rings. The van der Waals surface area contributed by atoms with Crippen LogP contribution in [0.25, 0.3) is 0 Å². The van der Waals surface area contributed by atoms with Crippen LogP contribution < -0.4 is 0 Å². The maximum atomic E-state index is 12.7. The monoisotopic (exact) mass is 340 g/mol. The number of ketones is 2. The van der Waals surface area contributed by atoms with E-state index in [0.717, 1.165) is 11.1 Å². The first-order chi connectivity index (χ1) is 11.5. The van der Waals surface area contributed by atoms with Crippen LogP contribution >= 0.6 is 0 Å². The van der Waals surface area contributed by atoms with Crippen LogP contribution in [0.2, 0.25) is 0 Å². The van der Waals surface area contributed by atoms with Crippen LogP contribution in [-0.2, 0) is 9.59 Å². The Kier molecular flexibility index (Phi) is 5.41. The topological polar surface area (TPSA) is 34.1 Å². The van der Waals surface area contributed by atoms with Crippen LogP contribution in [0.4, 0.5) is 0 Å². The van der Waals surface area contributed by atoms with Crippen molar-refractivity contribution in [3.63, 3.8) is 0 Å². The van der Waals surface area contributed by atoms with Crippen molar-refractivity contribution in [3.05, 3.63) is 47.1 Å². The van der Waals surface area contributed by atoms with Crippen molar-refractivity contribution in [2.45, 2.75) is 67.2 Å². The number of carbonyl (C=O) groups excluding carboxylic acids is 2. The maximum Gasteiger partial charge on any atom is 0.233 e. The third-order valence-electron chi connectivity index (χ3n) is 6.33. The van der Waals surface area contributed by atoms with E-state index in [2.05, 4.69) is 34.3 Å². The van der Waals surface area contributed by atoms with Gasteiger partial charge in [0.1, 0.15) is 0 Å². The van der Waals surface area contributed by atoms with Crippen LogP contribution in [0.5, 0.6) is 0 Å². The van der Waals surface area contributed by atoms with Gasteiger partial charge < -0.3 is 0 Å². The van der Waals surface area contributed by atoms with E-state index >= 15 is 0 Å². The molecule has 0 N–H and O–H groups in total. The lowest BCUT2D eigenvalue weighted by Crippen LogP contribution is -2.42. The predicted molar refractivity (Wildman–Crippen MR) is 104 cm³/mol. The number of hydrogen-bond donors (Lipinski definition) is 0. The molecule has 0 aromatic rings. The predicted octanol–water partition coefficient (Wildman–Crippen LogP) is 5.76. The largest absolute Gasteiger partial charge is 0.285 e. The van der Waals surface area contributed by atoms with Crippen molar-refractivity contribution < 1.29 is 9.59 Å². The van der Waals surface area contributed by atoms with Gasteiger partial charge in [0.15, 0.2) is 0 Å². The SMILES string of the molecule is C=C1C(=O)C(=O)C(CC2C(C)(C)CCCC2(C)C)=C(C)/C1=C/C=C\C. The minimum absolute atomic E-state index is 0.167. The highest BCUT2D eigenvalue weighted by molar-refractivity contribution is 6.51. The Morgan fingerprint density at radius 2 is 1.64 bits per heavy atom. The van der Waals surface area contributed by atoms with Gasteiger partial charge in [-0.15, -0.1) is 0 Å². The molecule has 0 unspecified atom stereocenters. The van der Waals surface area contributed by atoms with Gasteiger partial charge in [-0.3, -0.25) is 9.59 Å². The summed E-state index contributed by atoms with van der Waals surface area (Å²) in [4.78, 5) is 25.2. The highest BCUT2D eigenvalue weighted by atomic mass is 16.2. The Hall–Kier alpha value is -1.70. The summed E-state index contributed by atoms with van der Waals surface area (Å²) in [5, 5.41) is 0. The molecule has 0 spiro atoms. The molecule has 0 atom stereocenters. The molecule has 0 amide bonds. The Bertz CT molecular complexity index is 680. The van der Waals surface area contributed by atoms with Crippen LogP contribution in [0.1, 0.15) is 67.2 Å². The lowest BCUT2D eigenvalue weighted by atomic mass is 9.55. The zero-order chi connectivity index (χ0) is 19.0. The summed E-state index contributed by atoms with van der Waals surface area (Å²) in [6, 6.07) is 0. The van der Waals surface area contributed by atoms with E-state index in [1.165, 1.54) is 19.3 Å². The molecule has 25 heavy (non-hydrogen) atoms. The second kappa shape index (κ2) is 6.90. The Balaban J connectivity index is 2.51. The lowest BCUT2D eigenvalue weighted by molar-refractivity contribution is -0.132. The highest BCUT2D eigenvalue weighted by Gasteiger charge is 2.45. The average Bonchev–Trinajstić information content (AvgIpc) is 2.51. The molecule has 0 aliphatic heterocycles. The van der Waals surface area contributed by atoms with Gasteiger partial charge in [0, 0.05) is 11.1 Å². The second-order valence-electron chi connectivity index (χ2n) is 8.93. The number of Topliss-reactive ketones (excluding diaryl/α,β-unsaturated/α-hetero) is 2. The smallest absolute Gasteiger partial charge is 0.233 e. The normalized spacial score (nSPS) is 26.2. The van der Waals surface area contributed by atoms with E-state index in [1.807, 2.05) is 32.1 Å². The van der Waals surface area contributed by atoms with Gasteiger partial charge in [-0.05, 0) is 61.0 Å². The summed E-state index contributed by atoms with van der Waals surface area (Å²) in [6.07, 6.45) is 9.97. The Morgan fingerprint density at radius 1 is 1.08 bits per heavy atom. The van der Waals surface area contributed by atoms with E-state index in [4.69, 9.17) is 0 Å². The molecule has 0 aromatic heterocycles. The molecule has 0 aromatic carbocycles. The van der Waals surface area contributed by atoms with Crippen LogP contribution in [-0.4, -0.2) is 11.6 Å². The third kappa shape index (κ3) is 3.63. The van der Waals surface area contributed by atoms with Gasteiger partial charge in [-0.25, -0.2) is 0 Å². The van der Waals surface area contributed by atoms with Crippen LogP contribution in [0.15, 0.2) is 47.1 Å². The standard InChI is InChI=1S/C23H32O2/c1-8-9-11-17-15(2)18(21(25)20(24)16(17)3)14-19-22(4,5)12-10-13-23(19,6)7/h8-9,11,19H,3,10,12-14H2,1-2,4-7H3/b9-8-,17-11-. The zero-order valence-electron chi connectivity index (χ0n) is 16.7. The van der Waals surface area contributed by atoms with Crippen molar-refractivity contribution >= 4 is 11.6 Å². The highest BCUT2D eigenvalue weighted by Crippen LogP contribution is 2.54. The first-order valence-corrected chi connectivity index (χ1v) is 9.34. The quantitative estimate of drug-likeness (QED) is 0.484. The molecule has 2 aliphatic carbocycles. The molecule has 2 heteroatoms. The molecule has 2 rings (SSSR count). The fraction of sp³-hybridized carbons (Fsp3) is 0.565. The maximum absolute atomic E-state index is 12.7. The van der Waals surface area contributed by atoms with Crippen LogP contribution in [0.3, 0.4) is 0 Å².